The van der Waals surface area contributed by atoms with Crippen LogP contribution in [0.4, 0.5) is 0 Å². The Morgan fingerprint density at radius 1 is 1.33 bits per heavy atom. The zero-order valence-corrected chi connectivity index (χ0v) is 12.6. The van der Waals surface area contributed by atoms with Gasteiger partial charge in [0.05, 0.1) is 4.91 Å². The number of hydrogen-bond donors (Lipinski definition) is 2. The first-order valence-electron chi connectivity index (χ1n) is 6.23. The second-order valence-corrected chi connectivity index (χ2v) is 6.10. The fourth-order valence-electron chi connectivity index (χ4n) is 1.80. The quantitative estimate of drug-likeness (QED) is 0.640. The molecule has 0 spiro atoms. The van der Waals surface area contributed by atoms with E-state index in [1.807, 2.05) is 0 Å². The van der Waals surface area contributed by atoms with Gasteiger partial charge in [0.25, 0.3) is 5.91 Å². The van der Waals surface area contributed by atoms with E-state index < -0.39 is 5.97 Å². The first-order chi connectivity index (χ1) is 9.97. The number of hydrogen-bond acceptors (Lipinski definition) is 5. The monoisotopic (exact) mass is 323 g/mol. The Morgan fingerprint density at radius 3 is 2.62 bits per heavy atom. The summed E-state index contributed by atoms with van der Waals surface area (Å²) >= 11 is 6.35. The molecule has 1 aliphatic rings. The molecule has 1 fully saturated rings. The Balaban J connectivity index is 2.06. The van der Waals surface area contributed by atoms with E-state index in [0.717, 1.165) is 5.56 Å². The molecule has 0 bridgehead atoms. The van der Waals surface area contributed by atoms with Gasteiger partial charge in [-0.1, -0.05) is 36.1 Å². The highest BCUT2D eigenvalue weighted by atomic mass is 32.2. The lowest BCUT2D eigenvalue weighted by Crippen LogP contribution is -2.29. The van der Waals surface area contributed by atoms with Crippen LogP contribution >= 0.6 is 24.0 Å². The van der Waals surface area contributed by atoms with E-state index in [9.17, 15) is 14.7 Å². The third-order valence-corrected chi connectivity index (χ3v) is 4.21. The minimum atomic E-state index is -0.889. The molecule has 0 saturated carbocycles. The molecule has 1 aromatic rings. The summed E-state index contributed by atoms with van der Waals surface area (Å²) in [5, 5.41) is 17.8. The fraction of sp³-hybridized carbons (Fsp3) is 0.214. The van der Waals surface area contributed by atoms with Crippen molar-refractivity contribution in [2.24, 2.45) is 0 Å². The van der Waals surface area contributed by atoms with Gasteiger partial charge in [-0.15, -0.1) is 0 Å². The van der Waals surface area contributed by atoms with Crippen LogP contribution in [0.5, 0.6) is 5.75 Å². The number of carboxylic acid groups (broad SMARTS) is 1. The maximum atomic E-state index is 12.2. The number of aliphatic carboxylic acids is 1. The molecule has 0 atom stereocenters. The molecule has 1 saturated heterocycles. The minimum Gasteiger partial charge on any atom is -0.508 e. The van der Waals surface area contributed by atoms with Gasteiger partial charge in [-0.05, 0) is 30.2 Å². The third kappa shape index (κ3) is 4.05. The highest BCUT2D eigenvalue weighted by Crippen LogP contribution is 2.32. The number of amides is 1. The summed E-state index contributed by atoms with van der Waals surface area (Å²) in [7, 11) is 0. The maximum Gasteiger partial charge on any atom is 0.303 e. The molecule has 0 aromatic heterocycles. The van der Waals surface area contributed by atoms with Crippen LogP contribution in [0.1, 0.15) is 18.4 Å². The number of benzene rings is 1. The van der Waals surface area contributed by atoms with Crippen LogP contribution < -0.4 is 0 Å². The van der Waals surface area contributed by atoms with Crippen molar-refractivity contribution in [1.82, 2.24) is 4.90 Å². The summed E-state index contributed by atoms with van der Waals surface area (Å²) in [6.07, 6.45) is 2.08. The smallest absolute Gasteiger partial charge is 0.303 e. The number of thioether (sulfide) groups is 1. The average Bonchev–Trinajstić information content (AvgIpc) is 2.68. The van der Waals surface area contributed by atoms with E-state index in [-0.39, 0.29) is 18.1 Å². The Labute approximate surface area is 131 Å². The average molecular weight is 323 g/mol. The number of phenols is 1. The van der Waals surface area contributed by atoms with Gasteiger partial charge >= 0.3 is 5.97 Å². The number of carbonyl (C=O) groups excluding carboxylic acids is 1. The molecule has 2 N–H and O–H groups in total. The van der Waals surface area contributed by atoms with Gasteiger partial charge in [0.2, 0.25) is 0 Å². The van der Waals surface area contributed by atoms with E-state index in [1.165, 1.54) is 16.7 Å². The van der Waals surface area contributed by atoms with Gasteiger partial charge in [0, 0.05) is 13.0 Å². The second-order valence-electron chi connectivity index (χ2n) is 4.42. The number of nitrogens with zero attached hydrogens (tertiary/aromatic N) is 1. The zero-order chi connectivity index (χ0) is 15.4. The molecular weight excluding hydrogens is 310 g/mol. The number of aromatic hydroxyl groups is 1. The molecule has 1 aromatic carbocycles. The normalized spacial score (nSPS) is 16.8. The van der Waals surface area contributed by atoms with Crippen LogP contribution in [0.25, 0.3) is 6.08 Å². The topological polar surface area (TPSA) is 77.8 Å². The van der Waals surface area contributed by atoms with E-state index in [4.69, 9.17) is 17.3 Å². The van der Waals surface area contributed by atoms with Crippen LogP contribution in [0.2, 0.25) is 0 Å². The van der Waals surface area contributed by atoms with E-state index in [1.54, 1.807) is 30.3 Å². The summed E-state index contributed by atoms with van der Waals surface area (Å²) in [6, 6.07) is 6.48. The lowest BCUT2D eigenvalue weighted by atomic mass is 10.2. The Morgan fingerprint density at radius 2 is 2.00 bits per heavy atom. The van der Waals surface area contributed by atoms with Gasteiger partial charge in [-0.2, -0.15) is 0 Å². The molecule has 1 amide bonds. The van der Waals surface area contributed by atoms with Crippen LogP contribution in [-0.4, -0.2) is 37.9 Å². The molecule has 7 heteroatoms. The number of rotatable bonds is 5. The molecule has 0 unspecified atom stereocenters. The minimum absolute atomic E-state index is 0.00801. The molecule has 5 nitrogen and oxygen atoms in total. The number of carboxylic acids is 1. The number of carbonyl (C=O) groups is 2. The molecule has 1 heterocycles. The summed E-state index contributed by atoms with van der Waals surface area (Å²) in [5.74, 6) is -0.933. The first kappa shape index (κ1) is 15.5. The van der Waals surface area contributed by atoms with Crippen LogP contribution in [0.15, 0.2) is 29.2 Å². The van der Waals surface area contributed by atoms with Gasteiger partial charge < -0.3 is 10.2 Å². The van der Waals surface area contributed by atoms with Crippen molar-refractivity contribution >= 4 is 46.3 Å². The van der Waals surface area contributed by atoms with Crippen molar-refractivity contribution in [3.05, 3.63) is 34.7 Å². The van der Waals surface area contributed by atoms with Gasteiger partial charge in [-0.3, -0.25) is 14.5 Å². The number of phenolic OH excluding ortho intramolecular Hbond substituents is 1. The number of thiocarbonyl (C=S) groups is 1. The first-order valence-corrected chi connectivity index (χ1v) is 7.46. The third-order valence-electron chi connectivity index (χ3n) is 2.84. The lowest BCUT2D eigenvalue weighted by Gasteiger charge is -2.13. The van der Waals surface area contributed by atoms with Crippen molar-refractivity contribution in [1.29, 1.82) is 0 Å². The van der Waals surface area contributed by atoms with Gasteiger partial charge in [-0.25, -0.2) is 0 Å². The maximum absolute atomic E-state index is 12.2. The van der Waals surface area contributed by atoms with Crippen molar-refractivity contribution in [3.63, 3.8) is 0 Å². The molecule has 110 valence electrons. The van der Waals surface area contributed by atoms with Gasteiger partial charge in [0.15, 0.2) is 0 Å². The van der Waals surface area contributed by atoms with E-state index in [2.05, 4.69) is 0 Å². The highest BCUT2D eigenvalue weighted by Gasteiger charge is 2.31. The second kappa shape index (κ2) is 6.73. The van der Waals surface area contributed by atoms with Crippen molar-refractivity contribution in [3.8, 4) is 5.75 Å². The van der Waals surface area contributed by atoms with Crippen molar-refractivity contribution in [2.45, 2.75) is 12.8 Å². The van der Waals surface area contributed by atoms with Crippen molar-refractivity contribution < 1.29 is 19.8 Å². The lowest BCUT2D eigenvalue weighted by molar-refractivity contribution is -0.137. The molecule has 0 aliphatic carbocycles. The van der Waals surface area contributed by atoms with Crippen LogP contribution in [0, 0.1) is 0 Å². The predicted octanol–water partition coefficient (Wildman–Crippen LogP) is 2.46. The zero-order valence-electron chi connectivity index (χ0n) is 11.0. The predicted molar refractivity (Wildman–Crippen MR) is 84.9 cm³/mol. The van der Waals surface area contributed by atoms with E-state index >= 15 is 0 Å². The Kier molecular flexibility index (Phi) is 4.98. The molecule has 2 rings (SSSR count). The fourth-order valence-corrected chi connectivity index (χ4v) is 3.11. The molecule has 0 radical (unpaired) electrons. The largest absolute Gasteiger partial charge is 0.508 e. The standard InChI is InChI=1S/C14H13NO4S2/c16-10-5-3-9(4-6-10)8-11-13(19)15(14(20)21-11)7-1-2-12(17)18/h3-6,8,16H,1-2,7H2,(H,17,18)/b11-8+. The van der Waals surface area contributed by atoms with Crippen molar-refractivity contribution in [2.75, 3.05) is 6.54 Å². The van der Waals surface area contributed by atoms with E-state index in [0.29, 0.717) is 22.2 Å². The van der Waals surface area contributed by atoms with Crippen LogP contribution in [0.3, 0.4) is 0 Å². The Hall–Kier alpha value is -1.86. The summed E-state index contributed by atoms with van der Waals surface area (Å²) in [5.41, 5.74) is 0.791. The van der Waals surface area contributed by atoms with Crippen LogP contribution in [-0.2, 0) is 9.59 Å². The molecular formula is C14H13NO4S2. The molecule has 1 aliphatic heterocycles. The highest BCUT2D eigenvalue weighted by molar-refractivity contribution is 8.26. The summed E-state index contributed by atoms with van der Waals surface area (Å²) < 4.78 is 0.440. The SMILES string of the molecule is O=C(O)CCCN1C(=O)/C(=C\c2ccc(O)cc2)SC1=S. The summed E-state index contributed by atoms with van der Waals surface area (Å²) in [6.45, 7) is 0.309. The van der Waals surface area contributed by atoms with Gasteiger partial charge in [0.1, 0.15) is 10.1 Å². The summed E-state index contributed by atoms with van der Waals surface area (Å²) in [4.78, 5) is 24.6. The Bertz CT molecular complexity index is 610. The molecule has 21 heavy (non-hydrogen) atoms.